The van der Waals surface area contributed by atoms with Crippen LogP contribution in [0.1, 0.15) is 44.2 Å². The van der Waals surface area contributed by atoms with Gasteiger partial charge in [-0.25, -0.2) is 0 Å². The van der Waals surface area contributed by atoms with Crippen LogP contribution in [0.4, 0.5) is 0 Å². The van der Waals surface area contributed by atoms with E-state index in [9.17, 15) is 0 Å². The van der Waals surface area contributed by atoms with Crippen molar-refractivity contribution < 1.29 is 0 Å². The van der Waals surface area contributed by atoms with Crippen LogP contribution in [0, 0.1) is 12.3 Å². The number of rotatable bonds is 4. The van der Waals surface area contributed by atoms with Crippen LogP contribution < -0.4 is 0 Å². The molecule has 0 radical (unpaired) electrons. The van der Waals surface area contributed by atoms with Gasteiger partial charge < -0.3 is 0 Å². The lowest BCUT2D eigenvalue weighted by Gasteiger charge is -2.04. The van der Waals surface area contributed by atoms with Gasteiger partial charge >= 0.3 is 0 Å². The van der Waals surface area contributed by atoms with Crippen LogP contribution in [-0.4, -0.2) is 0 Å². The van der Waals surface area contributed by atoms with Crippen LogP contribution in [-0.2, 0) is 0 Å². The summed E-state index contributed by atoms with van der Waals surface area (Å²) in [5, 5.41) is 0. The molecule has 0 N–H and O–H groups in total. The molecule has 15 heavy (non-hydrogen) atoms. The largest absolute Gasteiger partial charge is 0.115 e. The topological polar surface area (TPSA) is 0 Å². The quantitative estimate of drug-likeness (QED) is 0.501. The van der Waals surface area contributed by atoms with Gasteiger partial charge in [0.15, 0.2) is 0 Å². The summed E-state index contributed by atoms with van der Waals surface area (Å²) in [6.07, 6.45) is 11.4. The molecule has 0 heterocycles. The molecular formula is C15H18. The maximum absolute atomic E-state index is 5.47. The van der Waals surface area contributed by atoms with Crippen LogP contribution in [0.3, 0.4) is 0 Å². The molecule has 0 aliphatic heterocycles. The highest BCUT2D eigenvalue weighted by molar-refractivity contribution is 5.69. The zero-order chi connectivity index (χ0) is 11.1. The van der Waals surface area contributed by atoms with Crippen molar-refractivity contribution in [2.75, 3.05) is 0 Å². The molecule has 1 aromatic carbocycles. The average Bonchev–Trinajstić information content (AvgIpc) is 2.29. The lowest BCUT2D eigenvalue weighted by atomic mass is 10.00. The second kappa shape index (κ2) is 6.09. The van der Waals surface area contributed by atoms with E-state index in [0.717, 1.165) is 12.0 Å². The van der Waals surface area contributed by atoms with Crippen LogP contribution >= 0.6 is 0 Å². The highest BCUT2D eigenvalue weighted by Crippen LogP contribution is 2.18. The molecule has 1 aromatic rings. The number of hydrogen-bond acceptors (Lipinski definition) is 0. The molecule has 0 fully saturated rings. The summed E-state index contributed by atoms with van der Waals surface area (Å²) in [7, 11) is 0. The third kappa shape index (κ3) is 3.29. The predicted octanol–water partition coefficient (Wildman–Crippen LogP) is 4.26. The van der Waals surface area contributed by atoms with Gasteiger partial charge in [0.2, 0.25) is 0 Å². The highest BCUT2D eigenvalue weighted by atomic mass is 14.0. The molecule has 0 nitrogen and oxygen atoms in total. The molecule has 0 bridgehead atoms. The molecule has 0 aromatic heterocycles. The lowest BCUT2D eigenvalue weighted by molar-refractivity contribution is 0.815. The summed E-state index contributed by atoms with van der Waals surface area (Å²) in [5.74, 6) is 2.73. The van der Waals surface area contributed by atoms with Gasteiger partial charge in [-0.15, -0.1) is 6.42 Å². The van der Waals surface area contributed by atoms with Crippen molar-refractivity contribution in [1.29, 1.82) is 0 Å². The van der Waals surface area contributed by atoms with Gasteiger partial charge in [0.05, 0.1) is 0 Å². The van der Waals surface area contributed by atoms with Crippen molar-refractivity contribution >= 4 is 5.57 Å². The van der Waals surface area contributed by atoms with E-state index in [1.807, 2.05) is 18.2 Å². The maximum Gasteiger partial charge on any atom is 0.0317 e. The SMILES string of the molecule is C#Cc1ccccc1/C(C)=C/CCCC. The monoisotopic (exact) mass is 198 g/mol. The Labute approximate surface area is 93.0 Å². The fourth-order valence-corrected chi connectivity index (χ4v) is 1.59. The van der Waals surface area contributed by atoms with E-state index < -0.39 is 0 Å². The molecule has 0 spiro atoms. The average molecular weight is 198 g/mol. The minimum Gasteiger partial charge on any atom is -0.115 e. The Morgan fingerprint density at radius 2 is 2.13 bits per heavy atom. The molecule has 0 heteroatoms. The summed E-state index contributed by atoms with van der Waals surface area (Å²) in [5.41, 5.74) is 3.47. The van der Waals surface area contributed by atoms with Crippen molar-refractivity contribution in [3.05, 3.63) is 41.5 Å². The predicted molar refractivity (Wildman–Crippen MR) is 67.6 cm³/mol. The first-order chi connectivity index (χ1) is 7.29. The van der Waals surface area contributed by atoms with Gasteiger partial charge in [0.1, 0.15) is 0 Å². The van der Waals surface area contributed by atoms with Gasteiger partial charge in [-0.2, -0.15) is 0 Å². The first-order valence-electron chi connectivity index (χ1n) is 5.52. The van der Waals surface area contributed by atoms with Gasteiger partial charge in [0, 0.05) is 5.56 Å². The third-order valence-corrected chi connectivity index (χ3v) is 2.52. The number of benzene rings is 1. The smallest absolute Gasteiger partial charge is 0.0317 e. The zero-order valence-electron chi connectivity index (χ0n) is 9.59. The van der Waals surface area contributed by atoms with Crippen molar-refractivity contribution in [1.82, 2.24) is 0 Å². The Balaban J connectivity index is 2.86. The normalized spacial score (nSPS) is 11.1. The molecule has 0 unspecified atom stereocenters. The molecule has 0 amide bonds. The van der Waals surface area contributed by atoms with E-state index in [1.165, 1.54) is 24.0 Å². The van der Waals surface area contributed by atoms with Crippen LogP contribution in [0.15, 0.2) is 30.3 Å². The summed E-state index contributed by atoms with van der Waals surface area (Å²) in [4.78, 5) is 0. The van der Waals surface area contributed by atoms with Crippen LogP contribution in [0.25, 0.3) is 5.57 Å². The molecular weight excluding hydrogens is 180 g/mol. The van der Waals surface area contributed by atoms with E-state index in [2.05, 4.69) is 31.9 Å². The Morgan fingerprint density at radius 3 is 2.80 bits per heavy atom. The Hall–Kier alpha value is -1.48. The van der Waals surface area contributed by atoms with Gasteiger partial charge in [-0.3, -0.25) is 0 Å². The molecule has 0 aliphatic carbocycles. The van der Waals surface area contributed by atoms with Crippen molar-refractivity contribution in [2.24, 2.45) is 0 Å². The molecule has 1 rings (SSSR count). The summed E-state index contributed by atoms with van der Waals surface area (Å²) < 4.78 is 0. The summed E-state index contributed by atoms with van der Waals surface area (Å²) in [6, 6.07) is 8.10. The Kier molecular flexibility index (Phi) is 4.71. The number of unbranched alkanes of at least 4 members (excludes halogenated alkanes) is 2. The standard InChI is InChI=1S/C15H18/c1-4-6-7-10-13(3)15-12-9-8-11-14(15)5-2/h2,8-12H,4,6-7H2,1,3H3/b13-10+. The molecule has 0 atom stereocenters. The van der Waals surface area contributed by atoms with E-state index >= 15 is 0 Å². The summed E-state index contributed by atoms with van der Waals surface area (Å²) in [6.45, 7) is 4.34. The Morgan fingerprint density at radius 1 is 1.40 bits per heavy atom. The van der Waals surface area contributed by atoms with Crippen LogP contribution in [0.2, 0.25) is 0 Å². The third-order valence-electron chi connectivity index (χ3n) is 2.52. The lowest BCUT2D eigenvalue weighted by Crippen LogP contribution is -1.86. The van der Waals surface area contributed by atoms with E-state index in [-0.39, 0.29) is 0 Å². The van der Waals surface area contributed by atoms with Crippen molar-refractivity contribution in [2.45, 2.75) is 33.1 Å². The molecule has 0 saturated carbocycles. The number of hydrogen-bond donors (Lipinski definition) is 0. The minimum absolute atomic E-state index is 0.989. The Bertz CT molecular complexity index is 377. The number of terminal acetylenes is 1. The van der Waals surface area contributed by atoms with Gasteiger partial charge in [0.25, 0.3) is 0 Å². The second-order valence-corrected chi connectivity index (χ2v) is 3.72. The van der Waals surface area contributed by atoms with E-state index in [1.54, 1.807) is 0 Å². The number of allylic oxidation sites excluding steroid dienone is 2. The first kappa shape index (κ1) is 11.6. The molecule has 0 saturated heterocycles. The van der Waals surface area contributed by atoms with Gasteiger partial charge in [-0.1, -0.05) is 50.0 Å². The van der Waals surface area contributed by atoms with Crippen molar-refractivity contribution in [3.8, 4) is 12.3 Å². The fourth-order valence-electron chi connectivity index (χ4n) is 1.59. The van der Waals surface area contributed by atoms with E-state index in [0.29, 0.717) is 0 Å². The fraction of sp³-hybridized carbons (Fsp3) is 0.333. The minimum atomic E-state index is 0.989. The molecule has 0 aliphatic rings. The van der Waals surface area contributed by atoms with E-state index in [4.69, 9.17) is 6.42 Å². The van der Waals surface area contributed by atoms with Crippen LogP contribution in [0.5, 0.6) is 0 Å². The van der Waals surface area contributed by atoms with Gasteiger partial charge in [-0.05, 0) is 30.5 Å². The first-order valence-corrected chi connectivity index (χ1v) is 5.52. The summed E-state index contributed by atoms with van der Waals surface area (Å²) >= 11 is 0. The maximum atomic E-state index is 5.47. The zero-order valence-corrected chi connectivity index (χ0v) is 9.59. The highest BCUT2D eigenvalue weighted by Gasteiger charge is 1.99. The van der Waals surface area contributed by atoms with Crippen molar-refractivity contribution in [3.63, 3.8) is 0 Å². The molecule has 78 valence electrons. The second-order valence-electron chi connectivity index (χ2n) is 3.72.